The molecule has 0 fully saturated rings. The molecule has 0 amide bonds. The molecule has 1 aromatic carbocycles. The van der Waals surface area contributed by atoms with Gasteiger partial charge < -0.3 is 0 Å². The quantitative estimate of drug-likeness (QED) is 0.758. The van der Waals surface area contributed by atoms with E-state index in [0.29, 0.717) is 0 Å². The Morgan fingerprint density at radius 1 is 1.22 bits per heavy atom. The van der Waals surface area contributed by atoms with Gasteiger partial charge >= 0.3 is 0 Å². The molecule has 96 valence electrons. The van der Waals surface area contributed by atoms with E-state index in [1.807, 2.05) is 4.68 Å². The summed E-state index contributed by atoms with van der Waals surface area (Å²) in [5, 5.41) is 5.40. The smallest absolute Gasteiger partial charge is 0.151 e. The van der Waals surface area contributed by atoms with E-state index in [1.165, 1.54) is 5.56 Å². The summed E-state index contributed by atoms with van der Waals surface area (Å²) in [5.41, 5.74) is 2.28. The molecule has 0 N–H and O–H groups in total. The third-order valence-electron chi connectivity index (χ3n) is 2.75. The van der Waals surface area contributed by atoms with E-state index in [4.69, 9.17) is 0 Å². The lowest BCUT2D eigenvalue weighted by atomic mass is 10.2. The molecule has 2 rings (SSSR count). The second-order valence-corrected chi connectivity index (χ2v) is 5.40. The average molecular weight is 373 g/mol. The van der Waals surface area contributed by atoms with Crippen LogP contribution in [0.5, 0.6) is 0 Å². The van der Waals surface area contributed by atoms with Crippen molar-refractivity contribution in [3.8, 4) is 5.69 Å². The van der Waals surface area contributed by atoms with Gasteiger partial charge in [-0.15, -0.1) is 0 Å². The molecule has 2 aromatic rings. The number of aryl methyl sites for hydroxylation is 2. The normalized spacial score (nSPS) is 10.9. The molecule has 0 aliphatic heterocycles. The Kier molecular flexibility index (Phi) is 4.56. The molecule has 0 saturated heterocycles. The zero-order valence-electron chi connectivity index (χ0n) is 10.5. The highest BCUT2D eigenvalue weighted by Gasteiger charge is 2.11. The summed E-state index contributed by atoms with van der Waals surface area (Å²) >= 11 is 7.07. The van der Waals surface area contributed by atoms with Crippen LogP contribution in [0, 0.1) is 0 Å². The molecule has 3 nitrogen and oxygen atoms in total. The molecular formula is C13H15Br2N3. The minimum Gasteiger partial charge on any atom is -0.216 e. The van der Waals surface area contributed by atoms with E-state index in [1.54, 1.807) is 0 Å². The Morgan fingerprint density at radius 3 is 2.56 bits per heavy atom. The Labute approximate surface area is 124 Å². The van der Waals surface area contributed by atoms with Crippen LogP contribution in [0.1, 0.15) is 31.1 Å². The maximum atomic E-state index is 4.55. The first-order chi connectivity index (χ1) is 8.69. The molecule has 0 spiro atoms. The Morgan fingerprint density at radius 2 is 2.00 bits per heavy atom. The van der Waals surface area contributed by atoms with Gasteiger partial charge in [0.05, 0.1) is 5.69 Å². The van der Waals surface area contributed by atoms with E-state index in [-0.39, 0.29) is 0 Å². The van der Waals surface area contributed by atoms with Gasteiger partial charge in [0.15, 0.2) is 5.82 Å². The monoisotopic (exact) mass is 371 g/mol. The summed E-state index contributed by atoms with van der Waals surface area (Å²) in [6.45, 7) is 4.17. The Bertz CT molecular complexity index is 549. The van der Waals surface area contributed by atoms with Crippen molar-refractivity contribution in [2.24, 2.45) is 0 Å². The summed E-state index contributed by atoms with van der Waals surface area (Å²) in [5.74, 6) is 1.89. The van der Waals surface area contributed by atoms with Crippen LogP contribution >= 0.6 is 31.9 Å². The molecular weight excluding hydrogens is 358 g/mol. The van der Waals surface area contributed by atoms with Gasteiger partial charge in [-0.3, -0.25) is 0 Å². The van der Waals surface area contributed by atoms with Gasteiger partial charge in [0.2, 0.25) is 0 Å². The van der Waals surface area contributed by atoms with Gasteiger partial charge in [-0.05, 0) is 33.6 Å². The third kappa shape index (κ3) is 2.67. The van der Waals surface area contributed by atoms with Crippen molar-refractivity contribution in [1.29, 1.82) is 0 Å². The highest BCUT2D eigenvalue weighted by atomic mass is 79.9. The second kappa shape index (κ2) is 5.97. The van der Waals surface area contributed by atoms with Gasteiger partial charge in [-0.2, -0.15) is 5.10 Å². The molecule has 0 saturated carbocycles. The van der Waals surface area contributed by atoms with Gasteiger partial charge in [0, 0.05) is 22.6 Å². The maximum Gasteiger partial charge on any atom is 0.151 e. The number of nitrogens with zero attached hydrogens (tertiary/aromatic N) is 3. The number of benzene rings is 1. The predicted molar refractivity (Wildman–Crippen MR) is 80.4 cm³/mol. The molecule has 5 heteroatoms. The maximum absolute atomic E-state index is 4.55. The van der Waals surface area contributed by atoms with Crippen LogP contribution in [0.15, 0.2) is 22.7 Å². The highest BCUT2D eigenvalue weighted by molar-refractivity contribution is 9.10. The first kappa shape index (κ1) is 13.7. The van der Waals surface area contributed by atoms with Crippen LogP contribution in [0.4, 0.5) is 0 Å². The first-order valence-electron chi connectivity index (χ1n) is 5.99. The number of hydrogen-bond acceptors (Lipinski definition) is 2. The molecule has 0 atom stereocenters. The van der Waals surface area contributed by atoms with E-state index < -0.39 is 0 Å². The van der Waals surface area contributed by atoms with Crippen molar-refractivity contribution in [2.75, 3.05) is 0 Å². The summed E-state index contributed by atoms with van der Waals surface area (Å²) < 4.78 is 2.97. The largest absolute Gasteiger partial charge is 0.216 e. The molecule has 0 unspecified atom stereocenters. The minimum absolute atomic E-state index is 0.851. The van der Waals surface area contributed by atoms with Gasteiger partial charge in [0.25, 0.3) is 0 Å². The summed E-state index contributed by atoms with van der Waals surface area (Å²) in [4.78, 5) is 4.53. The van der Waals surface area contributed by atoms with Crippen LogP contribution in [-0.2, 0) is 18.2 Å². The van der Waals surface area contributed by atoms with Crippen LogP contribution < -0.4 is 0 Å². The lowest BCUT2D eigenvalue weighted by molar-refractivity contribution is 0.788. The molecule has 0 radical (unpaired) electrons. The summed E-state index contributed by atoms with van der Waals surface area (Å²) in [6.07, 6.45) is 1.73. The Hall–Kier alpha value is -0.680. The lowest BCUT2D eigenvalue weighted by Gasteiger charge is -2.08. The molecule has 0 aliphatic carbocycles. The topological polar surface area (TPSA) is 30.7 Å². The van der Waals surface area contributed by atoms with Crippen molar-refractivity contribution in [1.82, 2.24) is 14.8 Å². The predicted octanol–water partition coefficient (Wildman–Crippen LogP) is 4.05. The number of halogens is 2. The van der Waals surface area contributed by atoms with E-state index >= 15 is 0 Å². The lowest BCUT2D eigenvalue weighted by Crippen LogP contribution is -2.03. The fourth-order valence-electron chi connectivity index (χ4n) is 1.77. The molecule has 1 aromatic heterocycles. The molecule has 18 heavy (non-hydrogen) atoms. The van der Waals surface area contributed by atoms with Crippen molar-refractivity contribution < 1.29 is 0 Å². The minimum atomic E-state index is 0.851. The van der Waals surface area contributed by atoms with Crippen molar-refractivity contribution in [2.45, 2.75) is 32.0 Å². The highest BCUT2D eigenvalue weighted by Crippen LogP contribution is 2.24. The van der Waals surface area contributed by atoms with E-state index in [9.17, 15) is 0 Å². The standard InChI is InChI=1S/C13H15Br2N3/c1-3-12-16-13(4-2)18(17-12)11-6-5-9(8-14)7-10(11)15/h5-7H,3-4,8H2,1-2H3. The number of hydrogen-bond donors (Lipinski definition) is 0. The molecule has 1 heterocycles. The van der Waals surface area contributed by atoms with Crippen molar-refractivity contribution in [3.63, 3.8) is 0 Å². The van der Waals surface area contributed by atoms with Gasteiger partial charge in [-0.25, -0.2) is 9.67 Å². The summed E-state index contributed by atoms with van der Waals surface area (Å²) in [7, 11) is 0. The van der Waals surface area contributed by atoms with Crippen LogP contribution in [-0.4, -0.2) is 14.8 Å². The van der Waals surface area contributed by atoms with Crippen LogP contribution in [0.25, 0.3) is 5.69 Å². The first-order valence-corrected chi connectivity index (χ1v) is 7.90. The van der Waals surface area contributed by atoms with E-state index in [0.717, 1.165) is 40.0 Å². The molecule has 0 aliphatic rings. The van der Waals surface area contributed by atoms with Gasteiger partial charge in [0.1, 0.15) is 5.82 Å². The fraction of sp³-hybridized carbons (Fsp3) is 0.385. The molecule has 0 bridgehead atoms. The average Bonchev–Trinajstić information content (AvgIpc) is 2.81. The van der Waals surface area contributed by atoms with Crippen LogP contribution in [0.3, 0.4) is 0 Å². The Balaban J connectivity index is 2.50. The zero-order chi connectivity index (χ0) is 13.1. The second-order valence-electron chi connectivity index (χ2n) is 3.98. The number of alkyl halides is 1. The van der Waals surface area contributed by atoms with Gasteiger partial charge in [-0.1, -0.05) is 35.8 Å². The van der Waals surface area contributed by atoms with Crippen molar-refractivity contribution in [3.05, 3.63) is 39.9 Å². The van der Waals surface area contributed by atoms with Crippen molar-refractivity contribution >= 4 is 31.9 Å². The SMILES string of the molecule is CCc1nc(CC)n(-c2ccc(CBr)cc2Br)n1. The fourth-order valence-corrected chi connectivity index (χ4v) is 2.71. The number of rotatable bonds is 4. The van der Waals surface area contributed by atoms with Crippen LogP contribution in [0.2, 0.25) is 0 Å². The number of aromatic nitrogens is 3. The van der Waals surface area contributed by atoms with E-state index in [2.05, 4.69) is 74.0 Å². The zero-order valence-corrected chi connectivity index (χ0v) is 13.6. The summed E-state index contributed by atoms with van der Waals surface area (Å²) in [6, 6.07) is 6.28. The third-order valence-corrected chi connectivity index (χ3v) is 4.03.